The molecule has 0 N–H and O–H groups in total. The SMILES string of the molecule is COCCC(C(=O)OC)c1csc(Br)n1. The monoisotopic (exact) mass is 293 g/mol. The van der Waals surface area contributed by atoms with E-state index in [-0.39, 0.29) is 11.9 Å². The molecular formula is C9H12BrNO3S. The van der Waals surface area contributed by atoms with Crippen molar-refractivity contribution in [3.8, 4) is 0 Å². The van der Waals surface area contributed by atoms with Crippen LogP contribution in [-0.2, 0) is 14.3 Å². The van der Waals surface area contributed by atoms with E-state index in [2.05, 4.69) is 20.9 Å². The molecular weight excluding hydrogens is 282 g/mol. The number of methoxy groups -OCH3 is 2. The number of carbonyl (C=O) groups excluding carboxylic acids is 1. The van der Waals surface area contributed by atoms with Crippen molar-refractivity contribution in [2.45, 2.75) is 12.3 Å². The third-order valence-corrected chi connectivity index (χ3v) is 3.33. The van der Waals surface area contributed by atoms with E-state index in [0.29, 0.717) is 13.0 Å². The molecule has 0 saturated heterocycles. The summed E-state index contributed by atoms with van der Waals surface area (Å²) in [6, 6.07) is 0. The molecule has 1 unspecified atom stereocenters. The fraction of sp³-hybridized carbons (Fsp3) is 0.556. The Kier molecular flexibility index (Phi) is 5.21. The summed E-state index contributed by atoms with van der Waals surface area (Å²) in [7, 11) is 2.98. The summed E-state index contributed by atoms with van der Waals surface area (Å²) in [6.07, 6.45) is 0.583. The van der Waals surface area contributed by atoms with Crippen LogP contribution in [0.1, 0.15) is 18.0 Å². The molecule has 15 heavy (non-hydrogen) atoms. The Bertz CT molecular complexity index is 329. The van der Waals surface area contributed by atoms with Gasteiger partial charge in [0.15, 0.2) is 3.92 Å². The topological polar surface area (TPSA) is 48.4 Å². The zero-order valence-corrected chi connectivity index (χ0v) is 10.9. The number of nitrogens with zero attached hydrogens (tertiary/aromatic N) is 1. The Balaban J connectivity index is 2.76. The Morgan fingerprint density at radius 2 is 2.40 bits per heavy atom. The van der Waals surface area contributed by atoms with Crippen LogP contribution in [0.4, 0.5) is 0 Å². The predicted octanol–water partition coefficient (Wildman–Crippen LogP) is 2.20. The molecule has 0 fully saturated rings. The highest BCUT2D eigenvalue weighted by molar-refractivity contribution is 9.11. The van der Waals surface area contributed by atoms with E-state index in [1.807, 2.05) is 5.38 Å². The standard InChI is InChI=1S/C9H12BrNO3S/c1-13-4-3-6(8(12)14-2)7-5-15-9(10)11-7/h5-6H,3-4H2,1-2H3. The van der Waals surface area contributed by atoms with Crippen molar-refractivity contribution < 1.29 is 14.3 Å². The summed E-state index contributed by atoms with van der Waals surface area (Å²) in [5.74, 6) is -0.609. The Labute approximate surface area is 101 Å². The summed E-state index contributed by atoms with van der Waals surface area (Å²) in [6.45, 7) is 0.509. The van der Waals surface area contributed by atoms with Gasteiger partial charge in [-0.25, -0.2) is 4.98 Å². The quantitative estimate of drug-likeness (QED) is 0.781. The molecule has 0 spiro atoms. The van der Waals surface area contributed by atoms with Crippen LogP contribution in [0.2, 0.25) is 0 Å². The molecule has 0 aliphatic heterocycles. The minimum absolute atomic E-state index is 0.273. The Hall–Kier alpha value is -0.460. The largest absolute Gasteiger partial charge is 0.469 e. The lowest BCUT2D eigenvalue weighted by Gasteiger charge is -2.11. The number of rotatable bonds is 5. The molecule has 0 aromatic carbocycles. The van der Waals surface area contributed by atoms with Gasteiger partial charge in [-0.05, 0) is 22.4 Å². The van der Waals surface area contributed by atoms with Crippen molar-refractivity contribution in [2.24, 2.45) is 0 Å². The molecule has 1 rings (SSSR count). The number of esters is 1. The van der Waals surface area contributed by atoms with Crippen molar-refractivity contribution >= 4 is 33.2 Å². The van der Waals surface area contributed by atoms with E-state index in [1.54, 1.807) is 7.11 Å². The van der Waals surface area contributed by atoms with Crippen LogP contribution in [-0.4, -0.2) is 31.8 Å². The molecule has 6 heteroatoms. The summed E-state index contributed by atoms with van der Waals surface area (Å²) in [4.78, 5) is 15.7. The summed E-state index contributed by atoms with van der Waals surface area (Å²) < 4.78 is 10.4. The smallest absolute Gasteiger partial charge is 0.314 e. The van der Waals surface area contributed by atoms with Gasteiger partial charge < -0.3 is 9.47 Å². The Morgan fingerprint density at radius 3 is 2.87 bits per heavy atom. The van der Waals surface area contributed by atoms with Crippen LogP contribution in [0, 0.1) is 0 Å². The maximum atomic E-state index is 11.5. The number of hydrogen-bond donors (Lipinski definition) is 0. The van der Waals surface area contributed by atoms with Crippen LogP contribution in [0.25, 0.3) is 0 Å². The molecule has 0 amide bonds. The molecule has 1 atom stereocenters. The number of aromatic nitrogens is 1. The lowest BCUT2D eigenvalue weighted by Crippen LogP contribution is -2.16. The second-order valence-electron chi connectivity index (χ2n) is 2.88. The van der Waals surface area contributed by atoms with E-state index in [9.17, 15) is 4.79 Å². The van der Waals surface area contributed by atoms with E-state index >= 15 is 0 Å². The molecule has 0 aliphatic carbocycles. The molecule has 0 radical (unpaired) electrons. The summed E-state index contributed by atoms with van der Waals surface area (Å²) >= 11 is 4.71. The number of halogens is 1. The molecule has 0 aliphatic rings. The fourth-order valence-electron chi connectivity index (χ4n) is 1.19. The van der Waals surface area contributed by atoms with Gasteiger partial charge in [0.1, 0.15) is 5.92 Å². The number of ether oxygens (including phenoxy) is 2. The predicted molar refractivity (Wildman–Crippen MR) is 61.1 cm³/mol. The van der Waals surface area contributed by atoms with Crippen molar-refractivity contribution in [3.05, 3.63) is 15.0 Å². The molecule has 1 aromatic heterocycles. The maximum absolute atomic E-state index is 11.5. The lowest BCUT2D eigenvalue weighted by atomic mass is 10.0. The van der Waals surface area contributed by atoms with E-state index in [1.165, 1.54) is 18.4 Å². The number of thiazole rings is 1. The van der Waals surface area contributed by atoms with E-state index < -0.39 is 0 Å². The van der Waals surface area contributed by atoms with Gasteiger partial charge in [0.05, 0.1) is 12.8 Å². The third-order valence-electron chi connectivity index (χ3n) is 1.95. The zero-order valence-electron chi connectivity index (χ0n) is 8.53. The molecule has 1 heterocycles. The van der Waals surface area contributed by atoms with E-state index in [4.69, 9.17) is 9.47 Å². The highest BCUT2D eigenvalue weighted by Gasteiger charge is 2.23. The second kappa shape index (κ2) is 6.19. The first-order chi connectivity index (χ1) is 7.19. The normalized spacial score (nSPS) is 12.5. The first-order valence-corrected chi connectivity index (χ1v) is 6.04. The maximum Gasteiger partial charge on any atom is 0.314 e. The zero-order chi connectivity index (χ0) is 11.3. The van der Waals surface area contributed by atoms with Gasteiger partial charge in [0.2, 0.25) is 0 Å². The van der Waals surface area contributed by atoms with Crippen LogP contribution >= 0.6 is 27.3 Å². The van der Waals surface area contributed by atoms with Crippen molar-refractivity contribution in [2.75, 3.05) is 20.8 Å². The van der Waals surface area contributed by atoms with Gasteiger partial charge in [0, 0.05) is 19.1 Å². The fourth-order valence-corrected chi connectivity index (χ4v) is 2.27. The summed E-state index contributed by atoms with van der Waals surface area (Å²) in [5, 5.41) is 1.85. The molecule has 0 saturated carbocycles. The highest BCUT2D eigenvalue weighted by atomic mass is 79.9. The minimum Gasteiger partial charge on any atom is -0.469 e. The minimum atomic E-state index is -0.336. The van der Waals surface area contributed by atoms with Crippen LogP contribution in [0.5, 0.6) is 0 Å². The van der Waals surface area contributed by atoms with Crippen LogP contribution in [0.3, 0.4) is 0 Å². The van der Waals surface area contributed by atoms with Gasteiger partial charge in [-0.1, -0.05) is 0 Å². The average molecular weight is 294 g/mol. The number of carbonyl (C=O) groups is 1. The van der Waals surface area contributed by atoms with Gasteiger partial charge in [-0.3, -0.25) is 4.79 Å². The molecule has 1 aromatic rings. The highest BCUT2D eigenvalue weighted by Crippen LogP contribution is 2.25. The first-order valence-electron chi connectivity index (χ1n) is 4.36. The van der Waals surface area contributed by atoms with Gasteiger partial charge in [-0.2, -0.15) is 0 Å². The van der Waals surface area contributed by atoms with Crippen LogP contribution < -0.4 is 0 Å². The summed E-state index contributed by atoms with van der Waals surface area (Å²) in [5.41, 5.74) is 0.732. The van der Waals surface area contributed by atoms with Gasteiger partial charge in [0.25, 0.3) is 0 Å². The molecule has 84 valence electrons. The Morgan fingerprint density at radius 1 is 1.67 bits per heavy atom. The van der Waals surface area contributed by atoms with Crippen molar-refractivity contribution in [1.82, 2.24) is 4.98 Å². The van der Waals surface area contributed by atoms with Gasteiger partial charge in [-0.15, -0.1) is 11.3 Å². The molecule has 0 bridgehead atoms. The molecule has 4 nitrogen and oxygen atoms in total. The van der Waals surface area contributed by atoms with Crippen LogP contribution in [0.15, 0.2) is 9.30 Å². The lowest BCUT2D eigenvalue weighted by molar-refractivity contribution is -0.143. The second-order valence-corrected chi connectivity index (χ2v) is 5.02. The average Bonchev–Trinajstić information content (AvgIpc) is 2.65. The van der Waals surface area contributed by atoms with Gasteiger partial charge >= 0.3 is 5.97 Å². The third kappa shape index (κ3) is 3.55. The van der Waals surface area contributed by atoms with Crippen molar-refractivity contribution in [1.29, 1.82) is 0 Å². The van der Waals surface area contributed by atoms with Crippen molar-refractivity contribution in [3.63, 3.8) is 0 Å². The number of hydrogen-bond acceptors (Lipinski definition) is 5. The first kappa shape index (κ1) is 12.6. The van der Waals surface area contributed by atoms with E-state index in [0.717, 1.165) is 9.61 Å².